The van der Waals surface area contributed by atoms with Crippen molar-refractivity contribution in [2.24, 2.45) is 0 Å². The SMILES string of the molecule is COc1ccc(C2CN(c3ccc4c(n3)OCCNC4)CCO2)cc1.O=C(O)C(F)(F)F.O=C(O)C(F)(F)F. The van der Waals surface area contributed by atoms with Crippen LogP contribution in [0.3, 0.4) is 0 Å². The molecule has 10 nitrogen and oxygen atoms in total. The van der Waals surface area contributed by atoms with Gasteiger partial charge in [0.15, 0.2) is 0 Å². The number of benzene rings is 1. The van der Waals surface area contributed by atoms with Gasteiger partial charge in [0.2, 0.25) is 5.88 Å². The van der Waals surface area contributed by atoms with Gasteiger partial charge in [-0.2, -0.15) is 31.3 Å². The lowest BCUT2D eigenvalue weighted by molar-refractivity contribution is -0.193. The highest BCUT2D eigenvalue weighted by molar-refractivity contribution is 5.73. The first-order valence-electron chi connectivity index (χ1n) is 11.2. The van der Waals surface area contributed by atoms with E-state index >= 15 is 0 Å². The molecule has 0 bridgehead atoms. The lowest BCUT2D eigenvalue weighted by atomic mass is 10.1. The second-order valence-corrected chi connectivity index (χ2v) is 7.84. The summed E-state index contributed by atoms with van der Waals surface area (Å²) in [4.78, 5) is 24.8. The molecule has 4 rings (SSSR count). The molecule has 216 valence electrons. The molecular weight excluding hydrogens is 544 g/mol. The first-order valence-corrected chi connectivity index (χ1v) is 11.2. The highest BCUT2D eigenvalue weighted by atomic mass is 19.4. The van der Waals surface area contributed by atoms with Crippen molar-refractivity contribution in [1.82, 2.24) is 10.3 Å². The van der Waals surface area contributed by atoms with Gasteiger partial charge < -0.3 is 34.6 Å². The zero-order valence-electron chi connectivity index (χ0n) is 20.4. The summed E-state index contributed by atoms with van der Waals surface area (Å²) in [5, 5.41) is 17.6. The Balaban J connectivity index is 0.000000317. The number of methoxy groups -OCH3 is 1. The summed E-state index contributed by atoms with van der Waals surface area (Å²) >= 11 is 0. The fourth-order valence-electron chi connectivity index (χ4n) is 3.22. The summed E-state index contributed by atoms with van der Waals surface area (Å²) in [6, 6.07) is 12.2. The Morgan fingerprint density at radius 1 is 1.00 bits per heavy atom. The number of nitrogens with zero attached hydrogens (tertiary/aromatic N) is 2. The molecule has 0 amide bonds. The molecule has 1 unspecified atom stereocenters. The maximum atomic E-state index is 10.6. The van der Waals surface area contributed by atoms with Crippen LogP contribution in [0.25, 0.3) is 0 Å². The first-order chi connectivity index (χ1) is 18.2. The van der Waals surface area contributed by atoms with Gasteiger partial charge in [0.1, 0.15) is 24.3 Å². The van der Waals surface area contributed by atoms with Crippen molar-refractivity contribution >= 4 is 17.8 Å². The lowest BCUT2D eigenvalue weighted by Gasteiger charge is -2.34. The van der Waals surface area contributed by atoms with Crippen LogP contribution in [-0.2, 0) is 20.9 Å². The molecule has 2 aromatic rings. The number of rotatable bonds is 3. The zero-order chi connectivity index (χ0) is 29.2. The van der Waals surface area contributed by atoms with E-state index in [9.17, 15) is 26.3 Å². The van der Waals surface area contributed by atoms with Crippen LogP contribution in [0.4, 0.5) is 32.2 Å². The number of aromatic nitrogens is 1. The summed E-state index contributed by atoms with van der Waals surface area (Å²) < 4.78 is 80.4. The number of morpholine rings is 1. The van der Waals surface area contributed by atoms with Crippen molar-refractivity contribution in [1.29, 1.82) is 0 Å². The van der Waals surface area contributed by atoms with E-state index in [0.717, 1.165) is 54.8 Å². The van der Waals surface area contributed by atoms with Crippen molar-refractivity contribution < 1.29 is 60.4 Å². The van der Waals surface area contributed by atoms with E-state index in [1.807, 2.05) is 12.1 Å². The molecule has 1 saturated heterocycles. The molecular formula is C23H25F6N3O7. The van der Waals surface area contributed by atoms with E-state index in [-0.39, 0.29) is 6.10 Å². The molecule has 3 N–H and O–H groups in total. The predicted octanol–water partition coefficient (Wildman–Crippen LogP) is 3.42. The lowest BCUT2D eigenvalue weighted by Crippen LogP contribution is -2.38. The maximum absolute atomic E-state index is 10.6. The van der Waals surface area contributed by atoms with Crippen molar-refractivity contribution in [3.8, 4) is 11.6 Å². The average molecular weight is 569 g/mol. The number of aliphatic carboxylic acids is 2. The number of hydrogen-bond donors (Lipinski definition) is 3. The van der Waals surface area contributed by atoms with Crippen LogP contribution < -0.4 is 19.7 Å². The highest BCUT2D eigenvalue weighted by Crippen LogP contribution is 2.29. The molecule has 0 saturated carbocycles. The molecule has 1 atom stereocenters. The third-order valence-electron chi connectivity index (χ3n) is 5.12. The van der Waals surface area contributed by atoms with E-state index in [4.69, 9.17) is 39.0 Å². The Hall–Kier alpha value is -3.79. The molecule has 0 aliphatic carbocycles. The van der Waals surface area contributed by atoms with Gasteiger partial charge in [0, 0.05) is 31.7 Å². The fraction of sp³-hybridized carbons (Fsp3) is 0.435. The molecule has 0 spiro atoms. The summed E-state index contributed by atoms with van der Waals surface area (Å²) in [7, 11) is 1.68. The van der Waals surface area contributed by atoms with Gasteiger partial charge in [-0.05, 0) is 29.8 Å². The Bertz CT molecular complexity index is 1070. The third kappa shape index (κ3) is 10.1. The molecule has 39 heavy (non-hydrogen) atoms. The molecule has 2 aliphatic rings. The number of ether oxygens (including phenoxy) is 3. The van der Waals surface area contributed by atoms with Crippen LogP contribution in [0, 0.1) is 0 Å². The van der Waals surface area contributed by atoms with Crippen molar-refractivity contribution in [2.45, 2.75) is 25.0 Å². The van der Waals surface area contributed by atoms with E-state index in [1.54, 1.807) is 7.11 Å². The monoisotopic (exact) mass is 569 g/mol. The number of fused-ring (bicyclic) bond motifs is 1. The second-order valence-electron chi connectivity index (χ2n) is 7.84. The summed E-state index contributed by atoms with van der Waals surface area (Å²) in [6.07, 6.45) is -10.1. The molecule has 1 fully saturated rings. The fourth-order valence-corrected chi connectivity index (χ4v) is 3.22. The maximum Gasteiger partial charge on any atom is 0.490 e. The van der Waals surface area contributed by atoms with Crippen LogP contribution in [0.5, 0.6) is 11.6 Å². The third-order valence-corrected chi connectivity index (χ3v) is 5.12. The van der Waals surface area contributed by atoms with E-state index in [0.29, 0.717) is 13.2 Å². The number of nitrogens with one attached hydrogen (secondary N) is 1. The average Bonchev–Trinajstić information content (AvgIpc) is 3.13. The van der Waals surface area contributed by atoms with Crippen molar-refractivity contribution in [3.05, 3.63) is 47.5 Å². The number of halogens is 6. The van der Waals surface area contributed by atoms with Gasteiger partial charge in [-0.3, -0.25) is 0 Å². The number of alkyl halides is 6. The van der Waals surface area contributed by atoms with Gasteiger partial charge in [-0.1, -0.05) is 12.1 Å². The molecule has 0 radical (unpaired) electrons. The first kappa shape index (κ1) is 31.4. The van der Waals surface area contributed by atoms with Crippen LogP contribution in [-0.4, -0.2) is 79.4 Å². The molecule has 1 aromatic heterocycles. The van der Waals surface area contributed by atoms with E-state index in [1.165, 1.54) is 0 Å². The zero-order valence-corrected chi connectivity index (χ0v) is 20.4. The second kappa shape index (κ2) is 13.8. The predicted molar refractivity (Wildman–Crippen MR) is 123 cm³/mol. The minimum Gasteiger partial charge on any atom is -0.497 e. The Morgan fingerprint density at radius 2 is 1.59 bits per heavy atom. The van der Waals surface area contributed by atoms with Crippen molar-refractivity contribution in [3.63, 3.8) is 0 Å². The largest absolute Gasteiger partial charge is 0.497 e. The topological polar surface area (TPSA) is 130 Å². The van der Waals surface area contributed by atoms with Crippen LogP contribution >= 0.6 is 0 Å². The number of hydrogen-bond acceptors (Lipinski definition) is 8. The minimum absolute atomic E-state index is 0.0304. The Morgan fingerprint density at radius 3 is 2.13 bits per heavy atom. The van der Waals surface area contributed by atoms with Gasteiger partial charge in [0.05, 0.1) is 13.7 Å². The number of pyridine rings is 1. The number of carboxylic acid groups (broad SMARTS) is 2. The van der Waals surface area contributed by atoms with Crippen LogP contribution in [0.15, 0.2) is 36.4 Å². The van der Waals surface area contributed by atoms with Gasteiger partial charge in [0.25, 0.3) is 0 Å². The Labute approximate surface area is 218 Å². The number of carbonyl (C=O) groups is 2. The van der Waals surface area contributed by atoms with E-state index < -0.39 is 24.3 Å². The van der Waals surface area contributed by atoms with Gasteiger partial charge in [-0.25, -0.2) is 9.59 Å². The van der Waals surface area contributed by atoms with Gasteiger partial charge in [-0.15, -0.1) is 0 Å². The summed E-state index contributed by atoms with van der Waals surface area (Å²) in [5.41, 5.74) is 2.27. The Kier molecular flexibility index (Phi) is 11.2. The van der Waals surface area contributed by atoms with Crippen LogP contribution in [0.2, 0.25) is 0 Å². The highest BCUT2D eigenvalue weighted by Gasteiger charge is 2.38. The summed E-state index contributed by atoms with van der Waals surface area (Å²) in [5.74, 6) is -2.97. The number of anilines is 1. The molecule has 3 heterocycles. The molecule has 16 heteroatoms. The summed E-state index contributed by atoms with van der Waals surface area (Å²) in [6.45, 7) is 4.59. The van der Waals surface area contributed by atoms with Crippen LogP contribution in [0.1, 0.15) is 17.2 Å². The van der Waals surface area contributed by atoms with Crippen molar-refractivity contribution in [2.75, 3.05) is 44.9 Å². The minimum atomic E-state index is -5.08. The standard InChI is InChI=1S/C19H23N3O3.2C2HF3O2/c1-23-16-5-2-14(3-6-16)17-13-22(9-11-24-17)18-7-4-15-12-20-8-10-25-19(15)21-18;2*3-2(4,5)1(6)7/h2-7,17,20H,8-13H2,1H3;2*(H,6,7). The number of carboxylic acids is 2. The van der Waals surface area contributed by atoms with E-state index in [2.05, 4.69) is 34.5 Å². The molecule has 2 aliphatic heterocycles. The molecule has 1 aromatic carbocycles. The van der Waals surface area contributed by atoms with Gasteiger partial charge >= 0.3 is 24.3 Å². The quantitative estimate of drug-likeness (QED) is 0.473. The normalized spacial score (nSPS) is 17.1. The smallest absolute Gasteiger partial charge is 0.490 e.